The van der Waals surface area contributed by atoms with Gasteiger partial charge in [0, 0.05) is 19.6 Å². The molecule has 1 saturated heterocycles. The van der Waals surface area contributed by atoms with Crippen molar-refractivity contribution in [1.82, 2.24) is 24.8 Å². The molecule has 1 amide bonds. The fourth-order valence-electron chi connectivity index (χ4n) is 3.41. The summed E-state index contributed by atoms with van der Waals surface area (Å²) in [6.07, 6.45) is 2.57. The summed E-state index contributed by atoms with van der Waals surface area (Å²) >= 11 is 0. The standard InChI is InChI=1S/C19H21N5O/c25-19(17-7-4-8-18-21-14-22-24(17)18)20-11-16-9-10-23(13-16)12-15-5-2-1-3-6-15/h1-8,14,16H,9-13H2,(H,20,25). The Morgan fingerprint density at radius 1 is 1.16 bits per heavy atom. The number of rotatable bonds is 5. The lowest BCUT2D eigenvalue weighted by Crippen LogP contribution is -2.32. The third-order valence-electron chi connectivity index (χ3n) is 4.70. The highest BCUT2D eigenvalue weighted by molar-refractivity contribution is 5.93. The molecule has 0 spiro atoms. The number of fused-ring (bicyclic) bond motifs is 1. The zero-order valence-electron chi connectivity index (χ0n) is 14.0. The van der Waals surface area contributed by atoms with Crippen LogP contribution in [0.2, 0.25) is 0 Å². The molecule has 0 aliphatic carbocycles. The Hall–Kier alpha value is -2.73. The summed E-state index contributed by atoms with van der Waals surface area (Å²) < 4.78 is 1.58. The normalized spacial score (nSPS) is 17.8. The average Bonchev–Trinajstić information content (AvgIpc) is 3.29. The lowest BCUT2D eigenvalue weighted by atomic mass is 10.1. The molecule has 4 rings (SSSR count). The van der Waals surface area contributed by atoms with Crippen LogP contribution >= 0.6 is 0 Å². The first kappa shape index (κ1) is 15.8. The van der Waals surface area contributed by atoms with E-state index in [-0.39, 0.29) is 5.91 Å². The third kappa shape index (κ3) is 3.53. The van der Waals surface area contributed by atoms with Gasteiger partial charge in [-0.05, 0) is 36.6 Å². The number of benzene rings is 1. The SMILES string of the molecule is O=C(NCC1CCN(Cc2ccccc2)C1)c1cccc2ncnn12. The van der Waals surface area contributed by atoms with Crippen molar-refractivity contribution >= 4 is 11.6 Å². The Balaban J connectivity index is 1.32. The Bertz CT molecular complexity index is 860. The van der Waals surface area contributed by atoms with E-state index in [0.29, 0.717) is 23.8 Å². The van der Waals surface area contributed by atoms with Gasteiger partial charge in [0.2, 0.25) is 0 Å². The van der Waals surface area contributed by atoms with Crippen LogP contribution in [0, 0.1) is 5.92 Å². The molecule has 6 heteroatoms. The molecule has 1 aliphatic rings. The summed E-state index contributed by atoms with van der Waals surface area (Å²) in [6, 6.07) is 16.0. The van der Waals surface area contributed by atoms with Gasteiger partial charge in [-0.3, -0.25) is 9.69 Å². The molecule has 1 fully saturated rings. The average molecular weight is 335 g/mol. The first-order valence-corrected chi connectivity index (χ1v) is 8.63. The lowest BCUT2D eigenvalue weighted by molar-refractivity contribution is 0.0940. The third-order valence-corrected chi connectivity index (χ3v) is 4.70. The quantitative estimate of drug-likeness (QED) is 0.774. The highest BCUT2D eigenvalue weighted by Crippen LogP contribution is 2.18. The monoisotopic (exact) mass is 335 g/mol. The molecular weight excluding hydrogens is 314 g/mol. The van der Waals surface area contributed by atoms with Crippen LogP contribution in [0.15, 0.2) is 54.9 Å². The second-order valence-corrected chi connectivity index (χ2v) is 6.53. The van der Waals surface area contributed by atoms with Crippen LogP contribution in [-0.4, -0.2) is 45.0 Å². The summed E-state index contributed by atoms with van der Waals surface area (Å²) in [5.41, 5.74) is 2.54. The highest BCUT2D eigenvalue weighted by atomic mass is 16.2. The molecule has 6 nitrogen and oxygen atoms in total. The van der Waals surface area contributed by atoms with Crippen LogP contribution < -0.4 is 5.32 Å². The zero-order valence-corrected chi connectivity index (χ0v) is 14.0. The largest absolute Gasteiger partial charge is 0.350 e. The number of amides is 1. The number of carbonyl (C=O) groups is 1. The van der Waals surface area contributed by atoms with E-state index in [9.17, 15) is 4.79 Å². The summed E-state index contributed by atoms with van der Waals surface area (Å²) in [4.78, 5) is 19.0. The molecule has 0 saturated carbocycles. The molecule has 0 radical (unpaired) electrons. The molecule has 3 aromatic rings. The van der Waals surface area contributed by atoms with E-state index in [1.54, 1.807) is 10.6 Å². The molecule has 1 atom stereocenters. The maximum Gasteiger partial charge on any atom is 0.270 e. The molecular formula is C19H21N5O. The molecule has 3 heterocycles. The summed E-state index contributed by atoms with van der Waals surface area (Å²) in [5.74, 6) is 0.389. The summed E-state index contributed by atoms with van der Waals surface area (Å²) in [5, 5.41) is 7.17. The molecule has 0 bridgehead atoms. The smallest absolute Gasteiger partial charge is 0.270 e. The Labute approximate surface area is 146 Å². The van der Waals surface area contributed by atoms with Gasteiger partial charge in [0.1, 0.15) is 12.0 Å². The number of aromatic nitrogens is 3. The van der Waals surface area contributed by atoms with Gasteiger partial charge in [-0.1, -0.05) is 36.4 Å². The minimum absolute atomic E-state index is 0.0994. The van der Waals surface area contributed by atoms with E-state index in [2.05, 4.69) is 44.6 Å². The number of hydrogen-bond donors (Lipinski definition) is 1. The van der Waals surface area contributed by atoms with Crippen molar-refractivity contribution in [1.29, 1.82) is 0 Å². The minimum atomic E-state index is -0.0994. The topological polar surface area (TPSA) is 62.5 Å². The number of nitrogens with one attached hydrogen (secondary N) is 1. The maximum atomic E-state index is 12.5. The van der Waals surface area contributed by atoms with Crippen LogP contribution in [-0.2, 0) is 6.54 Å². The molecule has 2 aromatic heterocycles. The number of hydrogen-bond acceptors (Lipinski definition) is 4. The molecule has 1 aromatic carbocycles. The van der Waals surface area contributed by atoms with Gasteiger partial charge in [0.05, 0.1) is 0 Å². The van der Waals surface area contributed by atoms with Crippen molar-refractivity contribution in [2.24, 2.45) is 5.92 Å². The molecule has 1 unspecified atom stereocenters. The number of carbonyl (C=O) groups excluding carboxylic acids is 1. The van der Waals surface area contributed by atoms with Crippen molar-refractivity contribution in [3.05, 3.63) is 66.1 Å². The fraction of sp³-hybridized carbons (Fsp3) is 0.316. The Morgan fingerprint density at radius 2 is 2.04 bits per heavy atom. The predicted molar refractivity (Wildman–Crippen MR) is 95.1 cm³/mol. The van der Waals surface area contributed by atoms with Crippen LogP contribution in [0.4, 0.5) is 0 Å². The van der Waals surface area contributed by atoms with E-state index in [1.165, 1.54) is 11.9 Å². The zero-order chi connectivity index (χ0) is 17.1. The van der Waals surface area contributed by atoms with E-state index < -0.39 is 0 Å². The van der Waals surface area contributed by atoms with E-state index in [0.717, 1.165) is 26.1 Å². The summed E-state index contributed by atoms with van der Waals surface area (Å²) in [7, 11) is 0. The second kappa shape index (κ2) is 7.03. The lowest BCUT2D eigenvalue weighted by Gasteiger charge is -2.16. The van der Waals surface area contributed by atoms with Crippen molar-refractivity contribution in [2.45, 2.75) is 13.0 Å². The maximum absolute atomic E-state index is 12.5. The molecule has 128 valence electrons. The van der Waals surface area contributed by atoms with Crippen molar-refractivity contribution < 1.29 is 4.79 Å². The van der Waals surface area contributed by atoms with Gasteiger partial charge in [-0.2, -0.15) is 5.10 Å². The Morgan fingerprint density at radius 3 is 2.92 bits per heavy atom. The minimum Gasteiger partial charge on any atom is -0.350 e. The molecule has 1 aliphatic heterocycles. The summed E-state index contributed by atoms with van der Waals surface area (Å²) in [6.45, 7) is 3.76. The van der Waals surface area contributed by atoms with Crippen LogP contribution in [0.1, 0.15) is 22.5 Å². The second-order valence-electron chi connectivity index (χ2n) is 6.53. The number of pyridine rings is 1. The van der Waals surface area contributed by atoms with Gasteiger partial charge in [0.15, 0.2) is 5.65 Å². The van der Waals surface area contributed by atoms with Crippen molar-refractivity contribution in [2.75, 3.05) is 19.6 Å². The predicted octanol–water partition coefficient (Wildman–Crippen LogP) is 1.98. The fourth-order valence-corrected chi connectivity index (χ4v) is 3.41. The molecule has 25 heavy (non-hydrogen) atoms. The van der Waals surface area contributed by atoms with E-state index >= 15 is 0 Å². The van der Waals surface area contributed by atoms with Gasteiger partial charge >= 0.3 is 0 Å². The van der Waals surface area contributed by atoms with E-state index in [1.807, 2.05) is 18.2 Å². The van der Waals surface area contributed by atoms with Crippen LogP contribution in [0.25, 0.3) is 5.65 Å². The Kier molecular flexibility index (Phi) is 4.43. The van der Waals surface area contributed by atoms with E-state index in [4.69, 9.17) is 0 Å². The van der Waals surface area contributed by atoms with Gasteiger partial charge in [0.25, 0.3) is 5.91 Å². The first-order valence-electron chi connectivity index (χ1n) is 8.63. The van der Waals surface area contributed by atoms with Crippen LogP contribution in [0.3, 0.4) is 0 Å². The number of likely N-dealkylation sites (tertiary alicyclic amines) is 1. The van der Waals surface area contributed by atoms with Crippen molar-refractivity contribution in [3.8, 4) is 0 Å². The van der Waals surface area contributed by atoms with Gasteiger partial charge < -0.3 is 5.32 Å². The highest BCUT2D eigenvalue weighted by Gasteiger charge is 2.23. The van der Waals surface area contributed by atoms with Crippen molar-refractivity contribution in [3.63, 3.8) is 0 Å². The van der Waals surface area contributed by atoms with Crippen LogP contribution in [0.5, 0.6) is 0 Å². The number of nitrogens with zero attached hydrogens (tertiary/aromatic N) is 4. The van der Waals surface area contributed by atoms with Gasteiger partial charge in [-0.25, -0.2) is 9.50 Å². The first-order chi connectivity index (χ1) is 12.3. The molecule has 1 N–H and O–H groups in total. The van der Waals surface area contributed by atoms with Gasteiger partial charge in [-0.15, -0.1) is 0 Å².